The van der Waals surface area contributed by atoms with Crippen molar-refractivity contribution in [3.8, 4) is 0 Å². The van der Waals surface area contributed by atoms with Gasteiger partial charge in [-0.2, -0.15) is 0 Å². The maximum absolute atomic E-state index is 12.7. The van der Waals surface area contributed by atoms with Gasteiger partial charge in [0.2, 0.25) is 5.91 Å². The van der Waals surface area contributed by atoms with Crippen LogP contribution < -0.4 is 0 Å². The highest BCUT2D eigenvalue weighted by molar-refractivity contribution is 5.77. The third-order valence-corrected chi connectivity index (χ3v) is 5.82. The van der Waals surface area contributed by atoms with Gasteiger partial charge < -0.3 is 4.90 Å². The average Bonchev–Trinajstić information content (AvgIpc) is 3.18. The smallest absolute Gasteiger partial charge is 0.223 e. The lowest BCUT2D eigenvalue weighted by molar-refractivity contribution is -0.134. The summed E-state index contributed by atoms with van der Waals surface area (Å²) in [5.74, 6) is 1.15. The van der Waals surface area contributed by atoms with E-state index in [-0.39, 0.29) is 0 Å². The fourth-order valence-corrected chi connectivity index (χ4v) is 4.76. The quantitative estimate of drug-likeness (QED) is 0.789. The molecule has 3 nitrogen and oxygen atoms in total. The highest BCUT2D eigenvalue weighted by Crippen LogP contribution is 2.33. The van der Waals surface area contributed by atoms with Gasteiger partial charge in [-0.3, -0.25) is 9.69 Å². The first kappa shape index (κ1) is 14.4. The predicted octanol–water partition coefficient (Wildman–Crippen LogP) is 3.04. The van der Waals surface area contributed by atoms with Gasteiger partial charge in [-0.25, -0.2) is 0 Å². The van der Waals surface area contributed by atoms with Crippen LogP contribution in [0.3, 0.4) is 0 Å². The molecule has 3 heteroatoms. The molecule has 0 bridgehead atoms. The number of amides is 1. The lowest BCUT2D eigenvalue weighted by Gasteiger charge is -2.35. The summed E-state index contributed by atoms with van der Waals surface area (Å²) in [6.07, 6.45) is 11.2. The molecule has 1 aliphatic carbocycles. The number of likely N-dealkylation sites (N-methyl/N-ethyl adjacent to an activating group) is 1. The van der Waals surface area contributed by atoms with Crippen LogP contribution in [0.25, 0.3) is 0 Å². The van der Waals surface area contributed by atoms with Crippen molar-refractivity contribution in [1.29, 1.82) is 0 Å². The molecule has 1 saturated carbocycles. The Kier molecular flexibility index (Phi) is 4.65. The minimum absolute atomic E-state index is 0.461. The van der Waals surface area contributed by atoms with Crippen LogP contribution in [0.2, 0.25) is 0 Å². The van der Waals surface area contributed by atoms with Crippen LogP contribution in [0.5, 0.6) is 0 Å². The van der Waals surface area contributed by atoms with Gasteiger partial charge in [0, 0.05) is 25.0 Å². The Morgan fingerprint density at radius 3 is 2.40 bits per heavy atom. The molecule has 0 unspecified atom stereocenters. The van der Waals surface area contributed by atoms with Crippen molar-refractivity contribution in [2.45, 2.75) is 76.8 Å². The summed E-state index contributed by atoms with van der Waals surface area (Å²) in [4.78, 5) is 17.5. The molecule has 2 saturated heterocycles. The molecule has 0 spiro atoms. The van der Waals surface area contributed by atoms with Gasteiger partial charge in [-0.15, -0.1) is 0 Å². The fourth-order valence-electron chi connectivity index (χ4n) is 4.76. The van der Waals surface area contributed by atoms with E-state index in [1.165, 1.54) is 57.9 Å². The van der Waals surface area contributed by atoms with Crippen molar-refractivity contribution in [1.82, 2.24) is 9.80 Å². The summed E-state index contributed by atoms with van der Waals surface area (Å²) in [6.45, 7) is 5.66. The van der Waals surface area contributed by atoms with Crippen molar-refractivity contribution in [3.63, 3.8) is 0 Å². The van der Waals surface area contributed by atoms with Crippen LogP contribution in [0, 0.1) is 5.92 Å². The zero-order chi connectivity index (χ0) is 13.9. The largest absolute Gasteiger partial charge is 0.338 e. The Labute approximate surface area is 123 Å². The fraction of sp³-hybridized carbons (Fsp3) is 0.941. The number of nitrogens with zero attached hydrogens (tertiary/aromatic N) is 2. The van der Waals surface area contributed by atoms with Gasteiger partial charge in [-0.05, 0) is 57.5 Å². The topological polar surface area (TPSA) is 23.6 Å². The SMILES string of the molecule is CCN1CCC[C@H]1[C@H]1CCCN1C(=O)CC1CCCC1. The molecule has 1 amide bonds. The third-order valence-electron chi connectivity index (χ3n) is 5.82. The highest BCUT2D eigenvalue weighted by Gasteiger charge is 2.39. The van der Waals surface area contributed by atoms with Gasteiger partial charge in [0.25, 0.3) is 0 Å². The number of rotatable bonds is 4. The van der Waals surface area contributed by atoms with E-state index < -0.39 is 0 Å². The molecule has 2 atom stereocenters. The second kappa shape index (κ2) is 6.46. The molecule has 114 valence electrons. The molecular weight excluding hydrogens is 248 g/mol. The third kappa shape index (κ3) is 2.88. The summed E-state index contributed by atoms with van der Waals surface area (Å²) in [5.41, 5.74) is 0. The van der Waals surface area contributed by atoms with E-state index in [2.05, 4.69) is 16.7 Å². The maximum Gasteiger partial charge on any atom is 0.223 e. The number of hydrogen-bond donors (Lipinski definition) is 0. The van der Waals surface area contributed by atoms with Crippen molar-refractivity contribution in [2.75, 3.05) is 19.6 Å². The van der Waals surface area contributed by atoms with E-state index in [1.807, 2.05) is 0 Å². The normalized spacial score (nSPS) is 32.4. The Bertz CT molecular complexity index is 338. The zero-order valence-corrected chi connectivity index (χ0v) is 13.0. The lowest BCUT2D eigenvalue weighted by Crippen LogP contribution is -2.48. The molecule has 0 radical (unpaired) electrons. The van der Waals surface area contributed by atoms with E-state index in [0.29, 0.717) is 23.9 Å². The van der Waals surface area contributed by atoms with Crippen LogP contribution in [0.4, 0.5) is 0 Å². The molecule has 2 aliphatic heterocycles. The Hall–Kier alpha value is -0.570. The van der Waals surface area contributed by atoms with Gasteiger partial charge >= 0.3 is 0 Å². The van der Waals surface area contributed by atoms with Crippen molar-refractivity contribution in [3.05, 3.63) is 0 Å². The number of hydrogen-bond acceptors (Lipinski definition) is 2. The monoisotopic (exact) mass is 278 g/mol. The standard InChI is InChI=1S/C17H30N2O/c1-2-18-11-5-9-15(18)16-10-6-12-19(16)17(20)13-14-7-3-4-8-14/h14-16H,2-13H2,1H3/t15-,16+/m0/s1. The van der Waals surface area contributed by atoms with Crippen molar-refractivity contribution >= 4 is 5.91 Å². The summed E-state index contributed by atoms with van der Waals surface area (Å²) in [7, 11) is 0. The Balaban J connectivity index is 1.61. The summed E-state index contributed by atoms with van der Waals surface area (Å²) in [5, 5.41) is 0. The molecule has 0 aromatic heterocycles. The molecular formula is C17H30N2O. The van der Waals surface area contributed by atoms with Crippen molar-refractivity contribution in [2.24, 2.45) is 5.92 Å². The van der Waals surface area contributed by atoms with Gasteiger partial charge in [0.05, 0.1) is 0 Å². The van der Waals surface area contributed by atoms with Gasteiger partial charge in [0.15, 0.2) is 0 Å². The first-order valence-electron chi connectivity index (χ1n) is 8.83. The van der Waals surface area contributed by atoms with Crippen LogP contribution >= 0.6 is 0 Å². The average molecular weight is 278 g/mol. The van der Waals surface area contributed by atoms with Gasteiger partial charge in [-0.1, -0.05) is 19.8 Å². The van der Waals surface area contributed by atoms with Crippen LogP contribution in [0.1, 0.15) is 64.7 Å². The highest BCUT2D eigenvalue weighted by atomic mass is 16.2. The zero-order valence-electron chi connectivity index (χ0n) is 13.0. The summed E-state index contributed by atoms with van der Waals surface area (Å²) >= 11 is 0. The number of likely N-dealkylation sites (tertiary alicyclic amines) is 2. The van der Waals surface area contributed by atoms with E-state index >= 15 is 0 Å². The Morgan fingerprint density at radius 1 is 0.950 bits per heavy atom. The lowest BCUT2D eigenvalue weighted by atomic mass is 10.00. The molecule has 3 aliphatic rings. The molecule has 0 N–H and O–H groups in total. The molecule has 20 heavy (non-hydrogen) atoms. The van der Waals surface area contributed by atoms with Crippen LogP contribution in [-0.2, 0) is 4.79 Å². The second-order valence-electron chi connectivity index (χ2n) is 6.99. The first-order valence-corrected chi connectivity index (χ1v) is 8.83. The molecule has 3 rings (SSSR count). The van der Waals surface area contributed by atoms with Gasteiger partial charge in [0.1, 0.15) is 0 Å². The first-order chi connectivity index (χ1) is 9.79. The van der Waals surface area contributed by atoms with Crippen LogP contribution in [-0.4, -0.2) is 47.4 Å². The van der Waals surface area contributed by atoms with E-state index in [0.717, 1.165) is 19.5 Å². The molecule has 3 fully saturated rings. The van der Waals surface area contributed by atoms with E-state index in [9.17, 15) is 4.79 Å². The minimum atomic E-state index is 0.461. The Morgan fingerprint density at radius 2 is 1.65 bits per heavy atom. The number of carbonyl (C=O) groups excluding carboxylic acids is 1. The van der Waals surface area contributed by atoms with E-state index in [1.54, 1.807) is 0 Å². The summed E-state index contributed by atoms with van der Waals surface area (Å²) in [6, 6.07) is 1.17. The second-order valence-corrected chi connectivity index (χ2v) is 6.99. The predicted molar refractivity (Wildman–Crippen MR) is 81.6 cm³/mol. The van der Waals surface area contributed by atoms with E-state index in [4.69, 9.17) is 0 Å². The minimum Gasteiger partial charge on any atom is -0.338 e. The molecule has 0 aromatic carbocycles. The molecule has 2 heterocycles. The molecule has 0 aromatic rings. The maximum atomic E-state index is 12.7. The van der Waals surface area contributed by atoms with Crippen LogP contribution in [0.15, 0.2) is 0 Å². The number of carbonyl (C=O) groups is 1. The summed E-state index contributed by atoms with van der Waals surface area (Å²) < 4.78 is 0. The van der Waals surface area contributed by atoms with Crippen molar-refractivity contribution < 1.29 is 4.79 Å².